The van der Waals surface area contributed by atoms with E-state index in [0.29, 0.717) is 0 Å². The Hall–Kier alpha value is -0.120. The average molecular weight is 242 g/mol. The van der Waals surface area contributed by atoms with Gasteiger partial charge in [0.15, 0.2) is 0 Å². The van der Waals surface area contributed by atoms with Crippen molar-refractivity contribution in [3.05, 3.63) is 0 Å². The Kier molecular flexibility index (Phi) is 7.82. The van der Waals surface area contributed by atoms with Crippen LogP contribution in [0.3, 0.4) is 0 Å². The Morgan fingerprint density at radius 1 is 1.00 bits per heavy atom. The highest BCUT2D eigenvalue weighted by Gasteiger charge is 2.16. The van der Waals surface area contributed by atoms with Gasteiger partial charge in [0.1, 0.15) is 0 Å². The molecule has 1 rings (SSSR count). The summed E-state index contributed by atoms with van der Waals surface area (Å²) in [5.74, 6) is 0.791. The van der Waals surface area contributed by atoms with Gasteiger partial charge >= 0.3 is 0 Å². The first-order chi connectivity index (χ1) is 8.22. The van der Waals surface area contributed by atoms with Gasteiger partial charge in [0.05, 0.1) is 6.61 Å². The molecule has 1 aliphatic heterocycles. The fourth-order valence-electron chi connectivity index (χ4n) is 2.25. The van der Waals surface area contributed by atoms with Gasteiger partial charge in [0.2, 0.25) is 0 Å². The van der Waals surface area contributed by atoms with Crippen LogP contribution in [0.4, 0.5) is 0 Å². The van der Waals surface area contributed by atoms with Crippen molar-refractivity contribution in [1.29, 1.82) is 0 Å². The number of hydrogen-bond donors (Lipinski definition) is 0. The maximum atomic E-state index is 5.61. The zero-order chi connectivity index (χ0) is 12.5. The first-order valence-electron chi connectivity index (χ1n) is 7.24. The number of ether oxygens (including phenoxy) is 1. The van der Waals surface area contributed by atoms with Gasteiger partial charge in [0.25, 0.3) is 0 Å². The number of unbranched alkanes of at least 4 members (excludes halogenated alkanes) is 1. The number of rotatable bonds is 8. The largest absolute Gasteiger partial charge is 0.380 e. The number of hydrogen-bond acceptors (Lipinski definition) is 3. The van der Waals surface area contributed by atoms with E-state index in [9.17, 15) is 0 Å². The number of piperazine rings is 1. The maximum Gasteiger partial charge on any atom is 0.0593 e. The second kappa shape index (κ2) is 8.90. The minimum atomic E-state index is 0.791. The second-order valence-corrected chi connectivity index (χ2v) is 5.50. The molecule has 0 saturated carbocycles. The molecule has 0 bridgehead atoms. The van der Waals surface area contributed by atoms with Gasteiger partial charge in [-0.15, -0.1) is 0 Å². The van der Waals surface area contributed by atoms with Crippen molar-refractivity contribution in [1.82, 2.24) is 9.80 Å². The van der Waals surface area contributed by atoms with Crippen LogP contribution in [-0.2, 0) is 4.74 Å². The molecule has 1 aliphatic rings. The molecular formula is C14H30N2O. The normalized spacial score (nSPS) is 19.1. The standard InChI is InChI=1S/C14H30N2O/c1-4-5-11-17-12-10-15-6-8-16(9-7-15)13-14(2)3/h14H,4-13H2,1-3H3. The summed E-state index contributed by atoms with van der Waals surface area (Å²) in [7, 11) is 0. The Bertz CT molecular complexity index is 177. The van der Waals surface area contributed by atoms with Gasteiger partial charge < -0.3 is 9.64 Å². The quantitative estimate of drug-likeness (QED) is 0.606. The predicted molar refractivity (Wildman–Crippen MR) is 73.4 cm³/mol. The highest BCUT2D eigenvalue weighted by molar-refractivity contribution is 4.72. The molecule has 3 heteroatoms. The molecule has 0 unspecified atom stereocenters. The van der Waals surface area contributed by atoms with Crippen LogP contribution in [-0.4, -0.2) is 62.3 Å². The summed E-state index contributed by atoms with van der Waals surface area (Å²) in [4.78, 5) is 5.11. The summed E-state index contributed by atoms with van der Waals surface area (Å²) in [5, 5.41) is 0. The SMILES string of the molecule is CCCCOCCN1CCN(CC(C)C)CC1. The summed E-state index contributed by atoms with van der Waals surface area (Å²) in [5.41, 5.74) is 0. The van der Waals surface area contributed by atoms with E-state index in [4.69, 9.17) is 4.74 Å². The molecule has 0 radical (unpaired) electrons. The van der Waals surface area contributed by atoms with E-state index in [0.717, 1.165) is 25.7 Å². The van der Waals surface area contributed by atoms with Crippen molar-refractivity contribution in [3.8, 4) is 0 Å². The lowest BCUT2D eigenvalue weighted by Crippen LogP contribution is -2.48. The monoisotopic (exact) mass is 242 g/mol. The Morgan fingerprint density at radius 3 is 2.24 bits per heavy atom. The molecule has 17 heavy (non-hydrogen) atoms. The van der Waals surface area contributed by atoms with E-state index in [1.54, 1.807) is 0 Å². The minimum Gasteiger partial charge on any atom is -0.380 e. The van der Waals surface area contributed by atoms with Crippen molar-refractivity contribution in [2.45, 2.75) is 33.6 Å². The van der Waals surface area contributed by atoms with Gasteiger partial charge in [-0.3, -0.25) is 4.90 Å². The van der Waals surface area contributed by atoms with E-state index in [1.807, 2.05) is 0 Å². The summed E-state index contributed by atoms with van der Waals surface area (Å²) in [6.45, 7) is 15.9. The van der Waals surface area contributed by atoms with E-state index in [2.05, 4.69) is 30.6 Å². The molecule has 0 aromatic heterocycles. The second-order valence-electron chi connectivity index (χ2n) is 5.50. The molecule has 0 amide bonds. The highest BCUT2D eigenvalue weighted by atomic mass is 16.5. The molecule has 0 aromatic carbocycles. The molecular weight excluding hydrogens is 212 g/mol. The fraction of sp³-hybridized carbons (Fsp3) is 1.00. The van der Waals surface area contributed by atoms with Gasteiger partial charge in [-0.05, 0) is 12.3 Å². The lowest BCUT2D eigenvalue weighted by atomic mass is 10.2. The summed E-state index contributed by atoms with van der Waals surface area (Å²) in [6, 6.07) is 0. The van der Waals surface area contributed by atoms with Crippen LogP contribution in [0.2, 0.25) is 0 Å². The van der Waals surface area contributed by atoms with Gasteiger partial charge in [0, 0.05) is 45.9 Å². The van der Waals surface area contributed by atoms with E-state index >= 15 is 0 Å². The first kappa shape index (κ1) is 14.9. The predicted octanol–water partition coefficient (Wildman–Crippen LogP) is 2.08. The molecule has 0 spiro atoms. The van der Waals surface area contributed by atoms with Crippen LogP contribution in [0.15, 0.2) is 0 Å². The summed E-state index contributed by atoms with van der Waals surface area (Å²) < 4.78 is 5.61. The van der Waals surface area contributed by atoms with E-state index in [1.165, 1.54) is 45.6 Å². The third-order valence-electron chi connectivity index (χ3n) is 3.28. The first-order valence-corrected chi connectivity index (χ1v) is 7.24. The molecule has 0 N–H and O–H groups in total. The summed E-state index contributed by atoms with van der Waals surface area (Å²) in [6.07, 6.45) is 2.43. The molecule has 3 nitrogen and oxygen atoms in total. The van der Waals surface area contributed by atoms with Crippen LogP contribution < -0.4 is 0 Å². The van der Waals surface area contributed by atoms with Crippen molar-refractivity contribution < 1.29 is 4.74 Å². The highest BCUT2D eigenvalue weighted by Crippen LogP contribution is 2.04. The van der Waals surface area contributed by atoms with Crippen LogP contribution in [0, 0.1) is 5.92 Å². The lowest BCUT2D eigenvalue weighted by molar-refractivity contribution is 0.0713. The third-order valence-corrected chi connectivity index (χ3v) is 3.28. The van der Waals surface area contributed by atoms with Crippen molar-refractivity contribution in [2.75, 3.05) is 52.5 Å². The topological polar surface area (TPSA) is 15.7 Å². The summed E-state index contributed by atoms with van der Waals surface area (Å²) >= 11 is 0. The average Bonchev–Trinajstić information content (AvgIpc) is 2.30. The fourth-order valence-corrected chi connectivity index (χ4v) is 2.25. The Morgan fingerprint density at radius 2 is 1.65 bits per heavy atom. The third kappa shape index (κ3) is 7.02. The minimum absolute atomic E-state index is 0.791. The maximum absolute atomic E-state index is 5.61. The van der Waals surface area contributed by atoms with Crippen LogP contribution in [0.5, 0.6) is 0 Å². The Labute approximate surface area is 107 Å². The van der Waals surface area contributed by atoms with Gasteiger partial charge in [-0.2, -0.15) is 0 Å². The molecule has 1 heterocycles. The molecule has 0 atom stereocenters. The van der Waals surface area contributed by atoms with Crippen molar-refractivity contribution in [3.63, 3.8) is 0 Å². The van der Waals surface area contributed by atoms with E-state index < -0.39 is 0 Å². The lowest BCUT2D eigenvalue weighted by Gasteiger charge is -2.35. The van der Waals surface area contributed by atoms with E-state index in [-0.39, 0.29) is 0 Å². The smallest absolute Gasteiger partial charge is 0.0593 e. The molecule has 102 valence electrons. The molecule has 1 fully saturated rings. The molecule has 1 saturated heterocycles. The molecule has 0 aliphatic carbocycles. The molecule has 0 aromatic rings. The Balaban J connectivity index is 1.99. The van der Waals surface area contributed by atoms with Gasteiger partial charge in [-0.1, -0.05) is 27.2 Å². The van der Waals surface area contributed by atoms with Crippen LogP contribution in [0.1, 0.15) is 33.6 Å². The van der Waals surface area contributed by atoms with Crippen LogP contribution in [0.25, 0.3) is 0 Å². The van der Waals surface area contributed by atoms with Crippen molar-refractivity contribution in [2.24, 2.45) is 5.92 Å². The zero-order valence-electron chi connectivity index (χ0n) is 12.0. The van der Waals surface area contributed by atoms with Crippen LogP contribution >= 0.6 is 0 Å². The number of nitrogens with zero attached hydrogens (tertiary/aromatic N) is 2. The van der Waals surface area contributed by atoms with Crippen molar-refractivity contribution >= 4 is 0 Å². The zero-order valence-corrected chi connectivity index (χ0v) is 12.0. The van der Waals surface area contributed by atoms with Gasteiger partial charge in [-0.25, -0.2) is 0 Å².